The molecule has 4 heteroatoms. The Hall–Kier alpha value is -1.10. The predicted octanol–water partition coefficient (Wildman–Crippen LogP) is 1.28. The summed E-state index contributed by atoms with van der Waals surface area (Å²) in [5, 5.41) is 9.54. The van der Waals surface area contributed by atoms with Crippen molar-refractivity contribution >= 4 is 0 Å². The number of aliphatic hydroxyl groups excluding tert-OH is 1. The molecule has 0 radical (unpaired) electrons. The lowest BCUT2D eigenvalue weighted by Gasteiger charge is -2.13. The number of nitrogens with one attached hydrogen (secondary N) is 1. The van der Waals surface area contributed by atoms with Crippen molar-refractivity contribution in [2.24, 2.45) is 0 Å². The van der Waals surface area contributed by atoms with Gasteiger partial charge in [-0.3, -0.25) is 0 Å². The Kier molecular flexibility index (Phi) is 5.85. The molecule has 1 aromatic rings. The number of hydroxylamine groups is 1. The van der Waals surface area contributed by atoms with E-state index in [4.69, 9.17) is 9.57 Å². The summed E-state index contributed by atoms with van der Waals surface area (Å²) in [7, 11) is 0. The summed E-state index contributed by atoms with van der Waals surface area (Å²) in [5.74, 6) is 0.774. The average Bonchev–Trinajstić information content (AvgIpc) is 2.27. The molecule has 4 nitrogen and oxygen atoms in total. The fourth-order valence-electron chi connectivity index (χ4n) is 1.21. The smallest absolute Gasteiger partial charge is 0.119 e. The number of aryl methyl sites for hydroxylation is 1. The zero-order chi connectivity index (χ0) is 11.8. The molecule has 0 fully saturated rings. The quantitative estimate of drug-likeness (QED) is 0.542. The summed E-state index contributed by atoms with van der Waals surface area (Å²) < 4.78 is 5.43. The number of ether oxygens (including phenoxy) is 1. The highest BCUT2D eigenvalue weighted by Crippen LogP contribution is 2.12. The molecule has 0 heterocycles. The van der Waals surface area contributed by atoms with Crippen LogP contribution in [-0.4, -0.2) is 31.0 Å². The lowest BCUT2D eigenvalue weighted by atomic mass is 10.2. The van der Waals surface area contributed by atoms with Crippen molar-refractivity contribution in [3.8, 4) is 5.75 Å². The molecule has 0 aromatic heterocycles. The van der Waals surface area contributed by atoms with Crippen LogP contribution in [-0.2, 0) is 4.84 Å². The van der Waals surface area contributed by atoms with Crippen LogP contribution >= 0.6 is 0 Å². The number of hydrogen-bond donors (Lipinski definition) is 2. The molecule has 1 rings (SSSR count). The van der Waals surface area contributed by atoms with E-state index in [9.17, 15) is 5.11 Å². The van der Waals surface area contributed by atoms with Gasteiger partial charge >= 0.3 is 0 Å². The molecule has 0 aliphatic heterocycles. The lowest BCUT2D eigenvalue weighted by Crippen LogP contribution is -2.31. The monoisotopic (exact) mass is 225 g/mol. The SMILES string of the molecule is CCONCC(O)COc1cccc(C)c1. The summed E-state index contributed by atoms with van der Waals surface area (Å²) in [6.07, 6.45) is -0.577. The van der Waals surface area contributed by atoms with Crippen molar-refractivity contribution in [1.82, 2.24) is 5.48 Å². The molecule has 16 heavy (non-hydrogen) atoms. The third-order valence-electron chi connectivity index (χ3n) is 2.00. The maximum atomic E-state index is 9.54. The van der Waals surface area contributed by atoms with Gasteiger partial charge in [0.05, 0.1) is 13.2 Å². The van der Waals surface area contributed by atoms with Crippen LogP contribution in [0.15, 0.2) is 24.3 Å². The first-order valence-electron chi connectivity index (χ1n) is 5.44. The van der Waals surface area contributed by atoms with Gasteiger partial charge < -0.3 is 14.7 Å². The first-order chi connectivity index (χ1) is 7.72. The normalized spacial score (nSPS) is 12.4. The van der Waals surface area contributed by atoms with Crippen molar-refractivity contribution in [1.29, 1.82) is 0 Å². The zero-order valence-electron chi connectivity index (χ0n) is 9.77. The molecule has 0 bridgehead atoms. The number of rotatable bonds is 7. The lowest BCUT2D eigenvalue weighted by molar-refractivity contribution is 0.00949. The van der Waals surface area contributed by atoms with Crippen molar-refractivity contribution < 1.29 is 14.7 Å². The summed E-state index contributed by atoms with van der Waals surface area (Å²) >= 11 is 0. The molecule has 1 aromatic carbocycles. The fourth-order valence-corrected chi connectivity index (χ4v) is 1.21. The van der Waals surface area contributed by atoms with Crippen LogP contribution in [0.1, 0.15) is 12.5 Å². The van der Waals surface area contributed by atoms with E-state index in [2.05, 4.69) is 5.48 Å². The van der Waals surface area contributed by atoms with Crippen LogP contribution in [0.25, 0.3) is 0 Å². The minimum atomic E-state index is -0.577. The highest BCUT2D eigenvalue weighted by molar-refractivity contribution is 5.27. The van der Waals surface area contributed by atoms with Gasteiger partial charge in [-0.05, 0) is 31.5 Å². The van der Waals surface area contributed by atoms with Gasteiger partial charge in [-0.25, -0.2) is 0 Å². The second-order valence-electron chi connectivity index (χ2n) is 3.56. The summed E-state index contributed by atoms with van der Waals surface area (Å²) in [5.41, 5.74) is 3.79. The van der Waals surface area contributed by atoms with Gasteiger partial charge in [0.2, 0.25) is 0 Å². The van der Waals surface area contributed by atoms with Gasteiger partial charge in [0, 0.05) is 0 Å². The van der Waals surface area contributed by atoms with E-state index in [1.165, 1.54) is 0 Å². The molecule has 0 aliphatic carbocycles. The molecular weight excluding hydrogens is 206 g/mol. The number of hydrogen-bond acceptors (Lipinski definition) is 4. The topological polar surface area (TPSA) is 50.7 Å². The molecule has 0 saturated carbocycles. The van der Waals surface area contributed by atoms with Gasteiger partial charge in [-0.2, -0.15) is 5.48 Å². The minimum Gasteiger partial charge on any atom is -0.491 e. The molecular formula is C12H19NO3. The fraction of sp³-hybridized carbons (Fsp3) is 0.500. The summed E-state index contributed by atoms with van der Waals surface area (Å²) in [6.45, 7) is 5.07. The zero-order valence-corrected chi connectivity index (χ0v) is 9.77. The molecule has 1 unspecified atom stereocenters. The van der Waals surface area contributed by atoms with Gasteiger partial charge in [-0.1, -0.05) is 12.1 Å². The number of benzene rings is 1. The van der Waals surface area contributed by atoms with Crippen molar-refractivity contribution in [2.75, 3.05) is 19.8 Å². The Balaban J connectivity index is 2.23. The van der Waals surface area contributed by atoms with Crippen molar-refractivity contribution in [2.45, 2.75) is 20.0 Å². The van der Waals surface area contributed by atoms with Crippen LogP contribution in [0.2, 0.25) is 0 Å². The van der Waals surface area contributed by atoms with Crippen LogP contribution in [0.4, 0.5) is 0 Å². The Labute approximate surface area is 96.1 Å². The standard InChI is InChI=1S/C12H19NO3/c1-3-16-13-8-11(14)9-15-12-6-4-5-10(2)7-12/h4-7,11,13-14H,3,8-9H2,1-2H3. The van der Waals surface area contributed by atoms with Crippen LogP contribution in [0.5, 0.6) is 5.75 Å². The third kappa shape index (κ3) is 5.11. The van der Waals surface area contributed by atoms with Crippen LogP contribution < -0.4 is 10.2 Å². The molecule has 0 aliphatic rings. The molecule has 0 saturated heterocycles. The molecule has 0 spiro atoms. The van der Waals surface area contributed by atoms with Gasteiger partial charge in [0.15, 0.2) is 0 Å². The first kappa shape index (κ1) is 13.0. The van der Waals surface area contributed by atoms with Crippen LogP contribution in [0, 0.1) is 6.92 Å². The molecule has 90 valence electrons. The van der Waals surface area contributed by atoms with Crippen molar-refractivity contribution in [3.05, 3.63) is 29.8 Å². The van der Waals surface area contributed by atoms with Gasteiger partial charge in [0.1, 0.15) is 18.5 Å². The largest absolute Gasteiger partial charge is 0.491 e. The molecule has 2 N–H and O–H groups in total. The van der Waals surface area contributed by atoms with E-state index < -0.39 is 6.10 Å². The van der Waals surface area contributed by atoms with Gasteiger partial charge in [0.25, 0.3) is 0 Å². The number of aliphatic hydroxyl groups is 1. The highest BCUT2D eigenvalue weighted by atomic mass is 16.6. The van der Waals surface area contributed by atoms with E-state index in [-0.39, 0.29) is 6.61 Å². The first-order valence-corrected chi connectivity index (χ1v) is 5.44. The minimum absolute atomic E-state index is 0.253. The average molecular weight is 225 g/mol. The molecule has 0 amide bonds. The summed E-state index contributed by atoms with van der Waals surface area (Å²) in [6, 6.07) is 7.73. The Morgan fingerprint density at radius 2 is 2.25 bits per heavy atom. The second-order valence-corrected chi connectivity index (χ2v) is 3.56. The van der Waals surface area contributed by atoms with Crippen LogP contribution in [0.3, 0.4) is 0 Å². The van der Waals surface area contributed by atoms with E-state index in [1.807, 2.05) is 38.1 Å². The summed E-state index contributed by atoms with van der Waals surface area (Å²) in [4.78, 5) is 4.91. The van der Waals surface area contributed by atoms with E-state index >= 15 is 0 Å². The Morgan fingerprint density at radius 3 is 2.94 bits per heavy atom. The van der Waals surface area contributed by atoms with Gasteiger partial charge in [-0.15, -0.1) is 0 Å². The van der Waals surface area contributed by atoms with E-state index in [0.717, 1.165) is 11.3 Å². The third-order valence-corrected chi connectivity index (χ3v) is 2.00. The van der Waals surface area contributed by atoms with Crippen molar-refractivity contribution in [3.63, 3.8) is 0 Å². The maximum absolute atomic E-state index is 9.54. The Bertz CT molecular complexity index is 304. The maximum Gasteiger partial charge on any atom is 0.119 e. The highest BCUT2D eigenvalue weighted by Gasteiger charge is 2.04. The predicted molar refractivity (Wildman–Crippen MR) is 62.3 cm³/mol. The van der Waals surface area contributed by atoms with E-state index in [1.54, 1.807) is 0 Å². The second kappa shape index (κ2) is 7.22. The Morgan fingerprint density at radius 1 is 1.44 bits per heavy atom. The van der Waals surface area contributed by atoms with E-state index in [0.29, 0.717) is 13.2 Å². The molecule has 1 atom stereocenters.